The Labute approximate surface area is 123 Å². The topological polar surface area (TPSA) is 92.7 Å². The molecule has 1 fully saturated rings. The number of nitro groups is 1. The normalized spacial score (nSPS) is 15.1. The van der Waals surface area contributed by atoms with Crippen molar-refractivity contribution in [2.24, 2.45) is 0 Å². The molecule has 2 rings (SSSR count). The van der Waals surface area contributed by atoms with Crippen molar-refractivity contribution in [2.75, 3.05) is 39.0 Å². The Morgan fingerprint density at radius 2 is 2.10 bits per heavy atom. The molecular formula is C14H20N4O3. The SMILES string of the molecule is CN(CCN1CCCC1)C(=O)c1cccc(N)c1[N+](=O)[O-]. The molecule has 7 heteroatoms. The van der Waals surface area contributed by atoms with Crippen LogP contribution < -0.4 is 5.73 Å². The molecule has 1 aliphatic heterocycles. The lowest BCUT2D eigenvalue weighted by Gasteiger charge is -2.21. The number of likely N-dealkylation sites (tertiary alicyclic amines) is 1. The highest BCUT2D eigenvalue weighted by atomic mass is 16.6. The number of hydrogen-bond acceptors (Lipinski definition) is 5. The number of anilines is 1. The summed E-state index contributed by atoms with van der Waals surface area (Å²) in [4.78, 5) is 26.7. The largest absolute Gasteiger partial charge is 0.393 e. The maximum Gasteiger partial charge on any atom is 0.304 e. The van der Waals surface area contributed by atoms with Crippen molar-refractivity contribution >= 4 is 17.3 Å². The maximum absolute atomic E-state index is 12.4. The van der Waals surface area contributed by atoms with Crippen LogP contribution in [0.15, 0.2) is 18.2 Å². The van der Waals surface area contributed by atoms with Crippen molar-refractivity contribution in [3.63, 3.8) is 0 Å². The summed E-state index contributed by atoms with van der Waals surface area (Å²) < 4.78 is 0. The number of hydrogen-bond donors (Lipinski definition) is 1. The fourth-order valence-corrected chi connectivity index (χ4v) is 2.54. The standard InChI is InChI=1S/C14H20N4O3/c1-16(9-10-17-7-2-3-8-17)14(19)11-5-4-6-12(15)13(11)18(20)21/h4-6H,2-3,7-10,15H2,1H3. The maximum atomic E-state index is 12.4. The molecule has 1 aromatic carbocycles. The van der Waals surface area contributed by atoms with Crippen LogP contribution in [0, 0.1) is 10.1 Å². The van der Waals surface area contributed by atoms with Gasteiger partial charge in [0.15, 0.2) is 0 Å². The van der Waals surface area contributed by atoms with Gasteiger partial charge in [-0.3, -0.25) is 14.9 Å². The second-order valence-corrected chi connectivity index (χ2v) is 5.28. The van der Waals surface area contributed by atoms with Gasteiger partial charge in [-0.15, -0.1) is 0 Å². The summed E-state index contributed by atoms with van der Waals surface area (Å²) in [6, 6.07) is 4.44. The molecule has 0 bridgehead atoms. The summed E-state index contributed by atoms with van der Waals surface area (Å²) >= 11 is 0. The van der Waals surface area contributed by atoms with Crippen molar-refractivity contribution in [1.29, 1.82) is 0 Å². The van der Waals surface area contributed by atoms with Crippen LogP contribution in [0.25, 0.3) is 0 Å². The van der Waals surface area contributed by atoms with Crippen molar-refractivity contribution in [1.82, 2.24) is 9.80 Å². The number of rotatable bonds is 5. The van der Waals surface area contributed by atoms with Gasteiger partial charge in [-0.1, -0.05) is 6.07 Å². The van der Waals surface area contributed by atoms with Crippen molar-refractivity contribution in [2.45, 2.75) is 12.8 Å². The number of nitrogens with two attached hydrogens (primary N) is 1. The average molecular weight is 292 g/mol. The summed E-state index contributed by atoms with van der Waals surface area (Å²) in [5.74, 6) is -0.367. The minimum atomic E-state index is -0.600. The number of amides is 1. The number of carbonyl (C=O) groups is 1. The van der Waals surface area contributed by atoms with Gasteiger partial charge in [0, 0.05) is 20.1 Å². The molecule has 7 nitrogen and oxygen atoms in total. The summed E-state index contributed by atoms with van der Waals surface area (Å²) in [5.41, 5.74) is 5.36. The predicted molar refractivity (Wildman–Crippen MR) is 80.1 cm³/mol. The van der Waals surface area contributed by atoms with Gasteiger partial charge in [0.1, 0.15) is 11.3 Å². The van der Waals surface area contributed by atoms with Gasteiger partial charge in [-0.25, -0.2) is 0 Å². The molecule has 114 valence electrons. The Hall–Kier alpha value is -2.15. The Kier molecular flexibility index (Phi) is 4.74. The van der Waals surface area contributed by atoms with Crippen LogP contribution in [0.2, 0.25) is 0 Å². The molecule has 0 unspecified atom stereocenters. The Bertz CT molecular complexity index is 541. The number of nitro benzene ring substituents is 1. The van der Waals surface area contributed by atoms with Gasteiger partial charge in [0.2, 0.25) is 0 Å². The molecule has 0 saturated carbocycles. The van der Waals surface area contributed by atoms with E-state index in [-0.39, 0.29) is 22.8 Å². The molecule has 0 aliphatic carbocycles. The lowest BCUT2D eigenvalue weighted by atomic mass is 10.1. The zero-order chi connectivity index (χ0) is 15.4. The quantitative estimate of drug-likeness (QED) is 0.502. The first-order valence-electron chi connectivity index (χ1n) is 7.01. The van der Waals surface area contributed by atoms with E-state index >= 15 is 0 Å². The first-order chi connectivity index (χ1) is 10.0. The number of nitrogens with zero attached hydrogens (tertiary/aromatic N) is 3. The van der Waals surface area contributed by atoms with Crippen molar-refractivity contribution < 1.29 is 9.72 Å². The molecule has 1 saturated heterocycles. The highest BCUT2D eigenvalue weighted by molar-refractivity contribution is 6.00. The monoisotopic (exact) mass is 292 g/mol. The van der Waals surface area contributed by atoms with Crippen molar-refractivity contribution in [3.8, 4) is 0 Å². The van der Waals surface area contributed by atoms with Gasteiger partial charge < -0.3 is 15.5 Å². The molecule has 1 amide bonds. The zero-order valence-corrected chi connectivity index (χ0v) is 12.1. The minimum absolute atomic E-state index is 0.0128. The molecule has 1 aromatic rings. The molecule has 21 heavy (non-hydrogen) atoms. The second kappa shape index (κ2) is 6.53. The third kappa shape index (κ3) is 3.49. The van der Waals surface area contributed by atoms with Gasteiger partial charge in [-0.2, -0.15) is 0 Å². The Balaban J connectivity index is 2.08. The van der Waals surface area contributed by atoms with Crippen molar-refractivity contribution in [3.05, 3.63) is 33.9 Å². The van der Waals surface area contributed by atoms with E-state index in [1.807, 2.05) is 0 Å². The summed E-state index contributed by atoms with van der Waals surface area (Å²) in [6.45, 7) is 3.45. The van der Waals surface area contributed by atoms with E-state index in [0.29, 0.717) is 6.54 Å². The first kappa shape index (κ1) is 15.2. The van der Waals surface area contributed by atoms with E-state index in [4.69, 9.17) is 5.73 Å². The molecular weight excluding hydrogens is 272 g/mol. The fraction of sp³-hybridized carbons (Fsp3) is 0.500. The number of benzene rings is 1. The average Bonchev–Trinajstić information content (AvgIpc) is 2.96. The van der Waals surface area contributed by atoms with E-state index in [1.54, 1.807) is 13.1 Å². The first-order valence-corrected chi connectivity index (χ1v) is 7.01. The van der Waals surface area contributed by atoms with E-state index in [1.165, 1.54) is 29.9 Å². The predicted octanol–water partition coefficient (Wildman–Crippen LogP) is 1.34. The van der Waals surface area contributed by atoms with Crippen LogP contribution in [0.1, 0.15) is 23.2 Å². The lowest BCUT2D eigenvalue weighted by Crippen LogP contribution is -2.35. The third-order valence-corrected chi connectivity index (χ3v) is 3.78. The number of likely N-dealkylation sites (N-methyl/N-ethyl adjacent to an activating group) is 1. The zero-order valence-electron chi connectivity index (χ0n) is 12.1. The second-order valence-electron chi connectivity index (χ2n) is 5.28. The molecule has 2 N–H and O–H groups in total. The Morgan fingerprint density at radius 1 is 1.43 bits per heavy atom. The van der Waals surface area contributed by atoms with Crippen LogP contribution >= 0.6 is 0 Å². The van der Waals surface area contributed by atoms with Crippen LogP contribution in [0.3, 0.4) is 0 Å². The van der Waals surface area contributed by atoms with E-state index in [9.17, 15) is 14.9 Å². The minimum Gasteiger partial charge on any atom is -0.393 e. The van der Waals surface area contributed by atoms with Crippen LogP contribution in [0.5, 0.6) is 0 Å². The smallest absolute Gasteiger partial charge is 0.304 e. The van der Waals surface area contributed by atoms with Crippen LogP contribution in [-0.4, -0.2) is 53.9 Å². The van der Waals surface area contributed by atoms with Crippen LogP contribution in [0.4, 0.5) is 11.4 Å². The third-order valence-electron chi connectivity index (χ3n) is 3.78. The van der Waals surface area contributed by atoms with Gasteiger partial charge in [-0.05, 0) is 38.1 Å². The number of para-hydroxylation sites is 1. The fourth-order valence-electron chi connectivity index (χ4n) is 2.54. The molecule has 0 atom stereocenters. The summed E-state index contributed by atoms with van der Waals surface area (Å²) in [5, 5.41) is 11.1. The molecule has 0 radical (unpaired) electrons. The van der Waals surface area contributed by atoms with E-state index in [0.717, 1.165) is 19.6 Å². The van der Waals surface area contributed by atoms with Gasteiger partial charge >= 0.3 is 5.69 Å². The van der Waals surface area contributed by atoms with Crippen LogP contribution in [-0.2, 0) is 0 Å². The van der Waals surface area contributed by atoms with E-state index in [2.05, 4.69) is 4.90 Å². The van der Waals surface area contributed by atoms with Gasteiger partial charge in [0.25, 0.3) is 5.91 Å². The number of carbonyl (C=O) groups excluding carboxylic acids is 1. The highest BCUT2D eigenvalue weighted by Gasteiger charge is 2.25. The van der Waals surface area contributed by atoms with E-state index < -0.39 is 4.92 Å². The van der Waals surface area contributed by atoms with Gasteiger partial charge in [0.05, 0.1) is 4.92 Å². The molecule has 0 spiro atoms. The highest BCUT2D eigenvalue weighted by Crippen LogP contribution is 2.26. The summed E-state index contributed by atoms with van der Waals surface area (Å²) in [6.07, 6.45) is 2.39. The Morgan fingerprint density at radius 3 is 2.71 bits per heavy atom. The summed E-state index contributed by atoms with van der Waals surface area (Å²) in [7, 11) is 1.66. The molecule has 0 aromatic heterocycles. The molecule has 1 heterocycles. The molecule has 1 aliphatic rings. The lowest BCUT2D eigenvalue weighted by molar-refractivity contribution is -0.384. The number of nitrogen functional groups attached to an aromatic ring is 1.